The number of unbranched alkanes of at least 4 members (excludes halogenated alkanes) is 3. The fourth-order valence-electron chi connectivity index (χ4n) is 2.64. The summed E-state index contributed by atoms with van der Waals surface area (Å²) in [6.07, 6.45) is 4.32. The second-order valence-electron chi connectivity index (χ2n) is 7.27. The molecule has 0 fully saturated rings. The first-order chi connectivity index (χ1) is 10.6. The second kappa shape index (κ2) is 8.09. The molecule has 0 aliphatic rings. The molecule has 1 aromatic rings. The van der Waals surface area contributed by atoms with E-state index in [1.165, 1.54) is 6.92 Å². The van der Waals surface area contributed by atoms with Crippen LogP contribution in [-0.4, -0.2) is 19.5 Å². The van der Waals surface area contributed by atoms with E-state index >= 15 is 0 Å². The van der Waals surface area contributed by atoms with Crippen LogP contribution in [0, 0.1) is 0 Å². The summed E-state index contributed by atoms with van der Waals surface area (Å²) in [5, 5.41) is -0.922. The average molecular weight is 339 g/mol. The van der Waals surface area contributed by atoms with Gasteiger partial charge in [0.2, 0.25) is 0 Å². The van der Waals surface area contributed by atoms with Gasteiger partial charge in [0.05, 0.1) is 4.90 Å². The van der Waals surface area contributed by atoms with Gasteiger partial charge in [-0.3, -0.25) is 4.79 Å². The highest BCUT2D eigenvalue weighted by molar-refractivity contribution is 7.92. The molecule has 0 saturated heterocycles. The smallest absolute Gasteiger partial charge is 0.188 e. The van der Waals surface area contributed by atoms with Crippen LogP contribution in [0.2, 0.25) is 0 Å². The minimum absolute atomic E-state index is 0.127. The molecule has 0 aromatic heterocycles. The van der Waals surface area contributed by atoms with Gasteiger partial charge < -0.3 is 0 Å². The van der Waals surface area contributed by atoms with Crippen molar-refractivity contribution < 1.29 is 13.2 Å². The van der Waals surface area contributed by atoms with Crippen molar-refractivity contribution in [2.24, 2.45) is 0 Å². The summed E-state index contributed by atoms with van der Waals surface area (Å²) in [5.41, 5.74) is 0.838. The van der Waals surface area contributed by atoms with Crippen LogP contribution in [0.25, 0.3) is 0 Å². The van der Waals surface area contributed by atoms with E-state index in [0.717, 1.165) is 31.2 Å². The van der Waals surface area contributed by atoms with Crippen LogP contribution >= 0.6 is 0 Å². The number of hydrogen-bond donors (Lipinski definition) is 0. The molecular formula is C19H30O3S. The third-order valence-corrected chi connectivity index (χ3v) is 6.40. The summed E-state index contributed by atoms with van der Waals surface area (Å²) in [4.78, 5) is 12.2. The minimum atomic E-state index is -3.62. The van der Waals surface area contributed by atoms with E-state index in [4.69, 9.17) is 0 Å². The number of ketones is 1. The highest BCUT2D eigenvalue weighted by Gasteiger charge is 2.31. The number of sulfone groups is 1. The summed E-state index contributed by atoms with van der Waals surface area (Å²) in [6, 6.07) is 7.02. The van der Waals surface area contributed by atoms with E-state index in [0.29, 0.717) is 6.42 Å². The van der Waals surface area contributed by atoms with Crippen LogP contribution in [-0.2, 0) is 20.0 Å². The minimum Gasteiger partial charge on any atom is -0.299 e. The van der Waals surface area contributed by atoms with Crippen molar-refractivity contribution in [1.82, 2.24) is 0 Å². The lowest BCUT2D eigenvalue weighted by Gasteiger charge is -2.21. The van der Waals surface area contributed by atoms with Crippen LogP contribution in [0.3, 0.4) is 0 Å². The van der Waals surface area contributed by atoms with Gasteiger partial charge in [-0.2, -0.15) is 0 Å². The molecule has 0 radical (unpaired) electrons. The van der Waals surface area contributed by atoms with Gasteiger partial charge in [0.25, 0.3) is 0 Å². The summed E-state index contributed by atoms with van der Waals surface area (Å²) in [6.45, 7) is 9.64. The van der Waals surface area contributed by atoms with E-state index in [-0.39, 0.29) is 16.1 Å². The van der Waals surface area contributed by atoms with Gasteiger partial charge in [-0.05, 0) is 36.5 Å². The highest BCUT2D eigenvalue weighted by Crippen LogP contribution is 2.27. The molecule has 130 valence electrons. The Morgan fingerprint density at radius 1 is 1.13 bits per heavy atom. The maximum atomic E-state index is 12.9. The maximum absolute atomic E-state index is 12.9. The molecule has 0 spiro atoms. The molecule has 4 heteroatoms. The van der Waals surface area contributed by atoms with E-state index in [9.17, 15) is 13.2 Å². The number of carbonyl (C=O) groups excluding carboxylic acids is 1. The Balaban J connectivity index is 3.08. The molecule has 3 nitrogen and oxygen atoms in total. The fourth-order valence-corrected chi connectivity index (χ4v) is 4.44. The number of carbonyl (C=O) groups is 1. The number of hydrogen-bond acceptors (Lipinski definition) is 3. The average Bonchev–Trinajstić information content (AvgIpc) is 2.45. The fraction of sp³-hybridized carbons (Fsp3) is 0.632. The first-order valence-corrected chi connectivity index (χ1v) is 10.00. The Bertz CT molecular complexity index is 624. The molecule has 1 rings (SSSR count). The standard InChI is InChI=1S/C19H30O3S/c1-6-7-8-9-13-18(15(2)20)23(21,22)17-12-10-11-16(14-17)19(3,4)5/h10-12,14,18H,6-9,13H2,1-5H3. The molecule has 0 amide bonds. The molecule has 0 N–H and O–H groups in total. The predicted molar refractivity (Wildman–Crippen MR) is 95.6 cm³/mol. The van der Waals surface area contributed by atoms with Crippen LogP contribution in [0.15, 0.2) is 29.2 Å². The van der Waals surface area contributed by atoms with Crippen molar-refractivity contribution in [1.29, 1.82) is 0 Å². The monoisotopic (exact) mass is 338 g/mol. The second-order valence-corrected chi connectivity index (χ2v) is 9.40. The molecule has 0 saturated carbocycles. The zero-order valence-electron chi connectivity index (χ0n) is 15.1. The maximum Gasteiger partial charge on any atom is 0.188 e. The summed E-state index contributed by atoms with van der Waals surface area (Å²) in [7, 11) is -3.62. The van der Waals surface area contributed by atoms with Crippen LogP contribution in [0.1, 0.15) is 72.3 Å². The third kappa shape index (κ3) is 5.45. The van der Waals surface area contributed by atoms with Gasteiger partial charge in [0, 0.05) is 0 Å². The Hall–Kier alpha value is -1.16. The lowest BCUT2D eigenvalue weighted by atomic mass is 9.87. The molecule has 0 aliphatic carbocycles. The van der Waals surface area contributed by atoms with E-state index in [2.05, 4.69) is 6.92 Å². The lowest BCUT2D eigenvalue weighted by Crippen LogP contribution is -2.29. The van der Waals surface area contributed by atoms with Gasteiger partial charge in [-0.15, -0.1) is 0 Å². The van der Waals surface area contributed by atoms with Crippen molar-refractivity contribution >= 4 is 15.6 Å². The van der Waals surface area contributed by atoms with Crippen molar-refractivity contribution in [3.05, 3.63) is 29.8 Å². The Morgan fingerprint density at radius 2 is 1.78 bits per heavy atom. The Morgan fingerprint density at radius 3 is 2.30 bits per heavy atom. The molecule has 0 aliphatic heterocycles. The van der Waals surface area contributed by atoms with Gasteiger partial charge in [0.1, 0.15) is 11.0 Å². The summed E-state index contributed by atoms with van der Waals surface area (Å²) in [5.74, 6) is -0.261. The van der Waals surface area contributed by atoms with Crippen molar-refractivity contribution in [3.63, 3.8) is 0 Å². The molecule has 0 bridgehead atoms. The molecule has 0 heterocycles. The predicted octanol–water partition coefficient (Wildman–Crippen LogP) is 4.69. The van der Waals surface area contributed by atoms with Crippen molar-refractivity contribution in [3.8, 4) is 0 Å². The molecule has 1 aromatic carbocycles. The zero-order valence-corrected chi connectivity index (χ0v) is 15.9. The number of benzene rings is 1. The Kier molecular flexibility index (Phi) is 7.00. The summed E-state index contributed by atoms with van der Waals surface area (Å²) >= 11 is 0. The van der Waals surface area contributed by atoms with Gasteiger partial charge in [-0.25, -0.2) is 8.42 Å². The first-order valence-electron chi connectivity index (χ1n) is 8.45. The topological polar surface area (TPSA) is 51.2 Å². The summed E-state index contributed by atoms with van der Waals surface area (Å²) < 4.78 is 25.8. The Labute approximate surface area is 141 Å². The van der Waals surface area contributed by atoms with E-state index in [1.54, 1.807) is 18.2 Å². The van der Waals surface area contributed by atoms with Crippen LogP contribution in [0.5, 0.6) is 0 Å². The quantitative estimate of drug-likeness (QED) is 0.646. The van der Waals surface area contributed by atoms with Crippen molar-refractivity contribution in [2.75, 3.05) is 0 Å². The van der Waals surface area contributed by atoms with Crippen molar-refractivity contribution in [2.45, 2.75) is 82.3 Å². The van der Waals surface area contributed by atoms with Gasteiger partial charge >= 0.3 is 0 Å². The first kappa shape index (κ1) is 19.9. The molecular weight excluding hydrogens is 308 g/mol. The number of rotatable bonds is 8. The SMILES string of the molecule is CCCCCCC(C(C)=O)S(=O)(=O)c1cccc(C(C)(C)C)c1. The normalized spacial score (nSPS) is 13.8. The lowest BCUT2D eigenvalue weighted by molar-refractivity contribution is -0.116. The van der Waals surface area contributed by atoms with Crippen LogP contribution < -0.4 is 0 Å². The number of Topliss-reactive ketones (excluding diaryl/α,β-unsaturated/α-hetero) is 1. The van der Waals surface area contributed by atoms with Crippen LogP contribution in [0.4, 0.5) is 0 Å². The molecule has 23 heavy (non-hydrogen) atoms. The van der Waals surface area contributed by atoms with Gasteiger partial charge in [0.15, 0.2) is 9.84 Å². The zero-order chi connectivity index (χ0) is 17.7. The van der Waals surface area contributed by atoms with E-state index in [1.807, 2.05) is 26.8 Å². The highest BCUT2D eigenvalue weighted by atomic mass is 32.2. The van der Waals surface area contributed by atoms with E-state index < -0.39 is 15.1 Å². The molecule has 1 unspecified atom stereocenters. The van der Waals surface area contributed by atoms with Gasteiger partial charge in [-0.1, -0.05) is 65.5 Å². The third-order valence-electron chi connectivity index (χ3n) is 4.18. The largest absolute Gasteiger partial charge is 0.299 e. The molecule has 1 atom stereocenters.